The van der Waals surface area contributed by atoms with E-state index < -0.39 is 5.34 Å². The molecule has 0 aliphatic heterocycles. The average molecular weight is 133 g/mol. The minimum atomic E-state index is -0.944. The van der Waals surface area contributed by atoms with Crippen LogP contribution in [-0.2, 0) is 0 Å². The highest BCUT2D eigenvalue weighted by Crippen LogP contribution is 1.82. The minimum absolute atomic E-state index is 0. The monoisotopic (exact) mass is 132 g/mol. The summed E-state index contributed by atoms with van der Waals surface area (Å²) in [6, 6.07) is 0. The van der Waals surface area contributed by atoms with Gasteiger partial charge in [-0.3, -0.25) is 0 Å². The fraction of sp³-hybridized carbons (Fsp3) is 1.00. The van der Waals surface area contributed by atoms with Gasteiger partial charge in [-0.1, -0.05) is 0 Å². The van der Waals surface area contributed by atoms with E-state index in [9.17, 15) is 8.96 Å². The summed E-state index contributed by atoms with van der Waals surface area (Å²) in [6.45, 7) is -0.340. The van der Waals surface area contributed by atoms with Gasteiger partial charge in [0, 0.05) is 11.9 Å². The summed E-state index contributed by atoms with van der Waals surface area (Å²) < 4.78 is 21.6. The minimum Gasteiger partial charge on any atom is -0.329 e. The number of halogens is 3. The van der Waals surface area contributed by atoms with Crippen molar-refractivity contribution in [3.8, 4) is 0 Å². The molecule has 0 aromatic rings. The van der Waals surface area contributed by atoms with Crippen molar-refractivity contribution in [1.82, 2.24) is 5.34 Å². The van der Waals surface area contributed by atoms with Gasteiger partial charge in [0.1, 0.15) is 0 Å². The van der Waals surface area contributed by atoms with E-state index in [0.717, 1.165) is 0 Å². The molecule has 0 amide bonds. The van der Waals surface area contributed by atoms with Crippen LogP contribution in [0.3, 0.4) is 0 Å². The summed E-state index contributed by atoms with van der Waals surface area (Å²) in [7, 11) is 0. The van der Waals surface area contributed by atoms with Gasteiger partial charge in [-0.2, -0.15) is 0 Å². The molecule has 0 unspecified atom stereocenters. The Morgan fingerprint density at radius 3 is 1.86 bits per heavy atom. The smallest absolute Gasteiger partial charge is 0.0742 e. The van der Waals surface area contributed by atoms with Gasteiger partial charge >= 0.3 is 0 Å². The van der Waals surface area contributed by atoms with Crippen molar-refractivity contribution in [2.24, 2.45) is 5.73 Å². The first-order valence-electron chi connectivity index (χ1n) is 1.56. The molecule has 0 bridgehead atoms. The summed E-state index contributed by atoms with van der Waals surface area (Å²) in [6.07, 6.45) is 0. The van der Waals surface area contributed by atoms with E-state index in [4.69, 9.17) is 5.73 Å². The first kappa shape index (κ1) is 10.1. The van der Waals surface area contributed by atoms with Crippen LogP contribution in [0.5, 0.6) is 0 Å². The highest BCUT2D eigenvalue weighted by molar-refractivity contribution is 5.85. The van der Waals surface area contributed by atoms with Crippen LogP contribution in [0.15, 0.2) is 0 Å². The number of nitrogens with zero attached hydrogens (tertiary/aromatic N) is 1. The van der Waals surface area contributed by atoms with Crippen LogP contribution < -0.4 is 5.73 Å². The molecule has 0 aliphatic carbocycles. The molecule has 0 aliphatic rings. The number of hydrogen-bond donors (Lipinski definition) is 1. The Balaban J connectivity index is 0. The van der Waals surface area contributed by atoms with Gasteiger partial charge in [-0.05, 0) is 0 Å². The summed E-state index contributed by atoms with van der Waals surface area (Å²) in [5.41, 5.74) is 4.71. The zero-order chi connectivity index (χ0) is 4.99. The quantitative estimate of drug-likeness (QED) is 0.553. The van der Waals surface area contributed by atoms with Gasteiger partial charge in [0.05, 0.1) is 6.54 Å². The molecular weight excluding hydrogens is 125 g/mol. The Labute approximate surface area is 46.6 Å². The topological polar surface area (TPSA) is 29.3 Å². The second kappa shape index (κ2) is 6.07. The van der Waals surface area contributed by atoms with E-state index in [1.807, 2.05) is 0 Å². The number of rotatable bonds is 2. The van der Waals surface area contributed by atoms with Crippen LogP contribution in [0.1, 0.15) is 0 Å². The molecule has 0 rings (SSSR count). The molecule has 0 saturated heterocycles. The molecule has 2 N–H and O–H groups in total. The molecule has 0 aromatic heterocycles. The van der Waals surface area contributed by atoms with Crippen molar-refractivity contribution in [3.63, 3.8) is 0 Å². The van der Waals surface area contributed by atoms with E-state index in [0.29, 0.717) is 0 Å². The van der Waals surface area contributed by atoms with Crippen molar-refractivity contribution in [1.29, 1.82) is 0 Å². The average Bonchev–Trinajstić information content (AvgIpc) is 1.35. The lowest BCUT2D eigenvalue weighted by molar-refractivity contribution is -0.149. The zero-order valence-corrected chi connectivity index (χ0v) is 4.42. The lowest BCUT2D eigenvalue weighted by Gasteiger charge is -1.91. The molecular formula is C2H7ClF2N2. The van der Waals surface area contributed by atoms with E-state index in [2.05, 4.69) is 0 Å². The predicted octanol–water partition coefficient (Wildman–Crippen LogP) is 0.438. The summed E-state index contributed by atoms with van der Waals surface area (Å²) in [5, 5.41) is -0.944. The van der Waals surface area contributed by atoms with Crippen LogP contribution in [0.25, 0.3) is 0 Å². The second-order valence-electron chi connectivity index (χ2n) is 0.815. The van der Waals surface area contributed by atoms with E-state index in [1.165, 1.54) is 0 Å². The summed E-state index contributed by atoms with van der Waals surface area (Å²) >= 11 is 0. The number of nitrogens with two attached hydrogens (primary N) is 1. The third-order valence-electron chi connectivity index (χ3n) is 0.298. The fourth-order valence-corrected chi connectivity index (χ4v) is 0.0976. The molecule has 0 radical (unpaired) electrons. The van der Waals surface area contributed by atoms with Crippen molar-refractivity contribution in [3.05, 3.63) is 0 Å². The molecule has 0 fully saturated rings. The highest BCUT2D eigenvalue weighted by atomic mass is 35.5. The summed E-state index contributed by atoms with van der Waals surface area (Å²) in [4.78, 5) is 0. The van der Waals surface area contributed by atoms with Gasteiger partial charge in [-0.25, -0.2) is 0 Å². The Hall–Kier alpha value is 0.0700. The van der Waals surface area contributed by atoms with Crippen LogP contribution >= 0.6 is 12.4 Å². The third kappa shape index (κ3) is 10.7. The summed E-state index contributed by atoms with van der Waals surface area (Å²) in [5.74, 6) is 0. The maximum Gasteiger partial charge on any atom is 0.0742 e. The third-order valence-corrected chi connectivity index (χ3v) is 0.298. The lowest BCUT2D eigenvalue weighted by atomic mass is 10.7. The molecule has 7 heavy (non-hydrogen) atoms. The largest absolute Gasteiger partial charge is 0.329 e. The van der Waals surface area contributed by atoms with Gasteiger partial charge in [0.15, 0.2) is 0 Å². The second-order valence-corrected chi connectivity index (χ2v) is 0.815. The molecule has 46 valence electrons. The Bertz CT molecular complexity index is 34.9. The maximum atomic E-state index is 10.8. The zero-order valence-electron chi connectivity index (χ0n) is 3.60. The molecule has 0 aromatic carbocycles. The van der Waals surface area contributed by atoms with Crippen molar-refractivity contribution in [2.75, 3.05) is 13.1 Å². The molecule has 0 saturated carbocycles. The lowest BCUT2D eigenvalue weighted by Crippen LogP contribution is -2.13. The Kier molecular flexibility index (Phi) is 8.79. The van der Waals surface area contributed by atoms with Gasteiger partial charge < -0.3 is 5.73 Å². The Morgan fingerprint density at radius 2 is 1.86 bits per heavy atom. The number of hydrogen-bond acceptors (Lipinski definition) is 2. The van der Waals surface area contributed by atoms with E-state index in [-0.39, 0.29) is 25.5 Å². The molecule has 5 heteroatoms. The molecule has 2 nitrogen and oxygen atoms in total. The SMILES string of the molecule is Cl.NCCN(F)F. The highest BCUT2D eigenvalue weighted by Gasteiger charge is 1.90. The maximum absolute atomic E-state index is 10.8. The van der Waals surface area contributed by atoms with Crippen molar-refractivity contribution in [2.45, 2.75) is 0 Å². The normalized spacial score (nSPS) is 8.57. The van der Waals surface area contributed by atoms with Gasteiger partial charge in [-0.15, -0.1) is 21.4 Å². The fourth-order valence-electron chi connectivity index (χ4n) is 0.0976. The molecule has 0 heterocycles. The van der Waals surface area contributed by atoms with Crippen molar-refractivity contribution < 1.29 is 8.96 Å². The van der Waals surface area contributed by atoms with Gasteiger partial charge in [0.2, 0.25) is 0 Å². The first-order valence-corrected chi connectivity index (χ1v) is 1.56. The van der Waals surface area contributed by atoms with Crippen molar-refractivity contribution >= 4 is 12.4 Å². The van der Waals surface area contributed by atoms with E-state index in [1.54, 1.807) is 0 Å². The van der Waals surface area contributed by atoms with Crippen LogP contribution in [0.2, 0.25) is 0 Å². The van der Waals surface area contributed by atoms with E-state index >= 15 is 0 Å². The van der Waals surface area contributed by atoms with Gasteiger partial charge in [0.25, 0.3) is 0 Å². The van der Waals surface area contributed by atoms with Crippen LogP contribution in [0.4, 0.5) is 8.96 Å². The molecule has 0 spiro atoms. The Morgan fingerprint density at radius 1 is 1.43 bits per heavy atom. The predicted molar refractivity (Wildman–Crippen MR) is 25.2 cm³/mol. The molecule has 0 atom stereocenters. The van der Waals surface area contributed by atoms with Crippen LogP contribution in [0, 0.1) is 0 Å². The standard InChI is InChI=1S/C2H6F2N2.ClH/c3-6(4)2-1-5;/h1-2,5H2;1H. The van der Waals surface area contributed by atoms with Crippen LogP contribution in [-0.4, -0.2) is 18.4 Å². The first-order chi connectivity index (χ1) is 2.77.